The van der Waals surface area contributed by atoms with Gasteiger partial charge < -0.3 is 15.8 Å². The monoisotopic (exact) mass is 257 g/mol. The Bertz CT molecular complexity index is 379. The van der Waals surface area contributed by atoms with E-state index in [0.717, 1.165) is 17.0 Å². The lowest BCUT2D eigenvalue weighted by Crippen LogP contribution is -2.36. The van der Waals surface area contributed by atoms with Gasteiger partial charge in [0, 0.05) is 18.6 Å². The van der Waals surface area contributed by atoms with Gasteiger partial charge in [0.25, 0.3) is 0 Å². The van der Waals surface area contributed by atoms with E-state index in [-0.39, 0.29) is 5.91 Å². The van der Waals surface area contributed by atoms with E-state index in [2.05, 4.69) is 10.3 Å². The number of thiazole rings is 1. The maximum Gasteiger partial charge on any atom is 0.243 e. The Morgan fingerprint density at radius 2 is 2.35 bits per heavy atom. The molecule has 0 radical (unpaired) electrons. The summed E-state index contributed by atoms with van der Waals surface area (Å²) in [5.74, 6) is -0.210. The molecule has 0 bridgehead atoms. The van der Waals surface area contributed by atoms with Crippen LogP contribution in [0.4, 0.5) is 5.13 Å². The van der Waals surface area contributed by atoms with Crippen molar-refractivity contribution in [1.29, 1.82) is 0 Å². The van der Waals surface area contributed by atoms with Gasteiger partial charge in [-0.3, -0.25) is 4.79 Å². The molecule has 17 heavy (non-hydrogen) atoms. The standard InChI is InChI=1S/C11H19N3O2S/c1-4-9-7(2)17-11(13-9)14-10(15)8(12)5-6-16-3/h8H,4-6,12H2,1-3H3,(H,13,14,15). The minimum Gasteiger partial charge on any atom is -0.385 e. The van der Waals surface area contributed by atoms with Crippen LogP contribution in [0.15, 0.2) is 0 Å². The molecule has 1 aromatic heterocycles. The number of hydrogen-bond donors (Lipinski definition) is 2. The number of aromatic nitrogens is 1. The summed E-state index contributed by atoms with van der Waals surface area (Å²) in [6, 6.07) is -0.552. The molecule has 1 rings (SSSR count). The van der Waals surface area contributed by atoms with Crippen LogP contribution in [0.2, 0.25) is 0 Å². The zero-order chi connectivity index (χ0) is 12.8. The third-order valence-electron chi connectivity index (χ3n) is 2.43. The molecule has 0 aromatic carbocycles. The molecule has 1 amide bonds. The van der Waals surface area contributed by atoms with Crippen molar-refractivity contribution >= 4 is 22.4 Å². The highest BCUT2D eigenvalue weighted by Gasteiger charge is 2.15. The second-order valence-electron chi connectivity index (χ2n) is 3.75. The lowest BCUT2D eigenvalue weighted by molar-refractivity contribution is -0.117. The summed E-state index contributed by atoms with van der Waals surface area (Å²) in [5.41, 5.74) is 6.74. The van der Waals surface area contributed by atoms with Crippen LogP contribution in [0.5, 0.6) is 0 Å². The molecule has 0 saturated heterocycles. The predicted octanol–water partition coefficient (Wildman–Crippen LogP) is 1.32. The van der Waals surface area contributed by atoms with Crippen LogP contribution in [0.3, 0.4) is 0 Å². The summed E-state index contributed by atoms with van der Waals surface area (Å²) in [6.45, 7) is 4.51. The molecule has 6 heteroatoms. The number of nitrogens with two attached hydrogens (primary N) is 1. The number of nitrogens with zero attached hydrogens (tertiary/aromatic N) is 1. The summed E-state index contributed by atoms with van der Waals surface area (Å²) in [5, 5.41) is 3.36. The van der Waals surface area contributed by atoms with Crippen LogP contribution < -0.4 is 11.1 Å². The first kappa shape index (κ1) is 14.1. The molecule has 0 aliphatic carbocycles. The maximum atomic E-state index is 11.7. The zero-order valence-electron chi connectivity index (χ0n) is 10.4. The van der Waals surface area contributed by atoms with Gasteiger partial charge >= 0.3 is 0 Å². The highest BCUT2D eigenvalue weighted by molar-refractivity contribution is 7.15. The lowest BCUT2D eigenvalue weighted by atomic mass is 10.2. The van der Waals surface area contributed by atoms with Gasteiger partial charge in [0.05, 0.1) is 11.7 Å². The molecule has 5 nitrogen and oxygen atoms in total. The highest BCUT2D eigenvalue weighted by Crippen LogP contribution is 2.22. The van der Waals surface area contributed by atoms with E-state index < -0.39 is 6.04 Å². The number of aryl methyl sites for hydroxylation is 2. The average Bonchev–Trinajstić information content (AvgIpc) is 2.66. The molecule has 0 fully saturated rings. The number of methoxy groups -OCH3 is 1. The first-order valence-corrected chi connectivity index (χ1v) is 6.41. The second-order valence-corrected chi connectivity index (χ2v) is 4.96. The van der Waals surface area contributed by atoms with Gasteiger partial charge in [-0.2, -0.15) is 0 Å². The smallest absolute Gasteiger partial charge is 0.243 e. The Morgan fingerprint density at radius 1 is 1.65 bits per heavy atom. The fraction of sp³-hybridized carbons (Fsp3) is 0.636. The third kappa shape index (κ3) is 4.07. The number of carbonyl (C=O) groups excluding carboxylic acids is 1. The van der Waals surface area contributed by atoms with Crippen molar-refractivity contribution in [2.45, 2.75) is 32.7 Å². The van der Waals surface area contributed by atoms with Gasteiger partial charge in [-0.15, -0.1) is 11.3 Å². The first-order chi connectivity index (χ1) is 8.08. The van der Waals surface area contributed by atoms with Crippen molar-refractivity contribution in [2.75, 3.05) is 19.0 Å². The Hall–Kier alpha value is -0.980. The van der Waals surface area contributed by atoms with Crippen molar-refractivity contribution in [1.82, 2.24) is 4.98 Å². The maximum absolute atomic E-state index is 11.7. The normalized spacial score (nSPS) is 12.5. The van der Waals surface area contributed by atoms with Gasteiger partial charge in [0.15, 0.2) is 5.13 Å². The Kier molecular flexibility index (Phi) is 5.54. The number of ether oxygens (including phenoxy) is 1. The SMILES string of the molecule is CCc1nc(NC(=O)C(N)CCOC)sc1C. The van der Waals surface area contributed by atoms with Gasteiger partial charge in [0.1, 0.15) is 0 Å². The van der Waals surface area contributed by atoms with Crippen LogP contribution >= 0.6 is 11.3 Å². The molecular weight excluding hydrogens is 238 g/mol. The van der Waals surface area contributed by atoms with Crippen molar-refractivity contribution in [3.05, 3.63) is 10.6 Å². The molecular formula is C11H19N3O2S. The van der Waals surface area contributed by atoms with Crippen LogP contribution in [-0.4, -0.2) is 30.6 Å². The van der Waals surface area contributed by atoms with E-state index in [1.54, 1.807) is 7.11 Å². The van der Waals surface area contributed by atoms with E-state index >= 15 is 0 Å². The molecule has 96 valence electrons. The minimum absolute atomic E-state index is 0.210. The fourth-order valence-electron chi connectivity index (χ4n) is 1.38. The van der Waals surface area contributed by atoms with Crippen molar-refractivity contribution in [2.24, 2.45) is 5.73 Å². The Labute approximate surface area is 105 Å². The molecule has 0 saturated carbocycles. The first-order valence-electron chi connectivity index (χ1n) is 5.60. The lowest BCUT2D eigenvalue weighted by Gasteiger charge is -2.09. The van der Waals surface area contributed by atoms with Gasteiger partial charge in [-0.05, 0) is 19.8 Å². The van der Waals surface area contributed by atoms with Crippen molar-refractivity contribution in [3.63, 3.8) is 0 Å². The number of anilines is 1. The largest absolute Gasteiger partial charge is 0.385 e. The number of nitrogens with one attached hydrogen (secondary N) is 1. The molecule has 1 heterocycles. The number of carbonyl (C=O) groups is 1. The van der Waals surface area contributed by atoms with Gasteiger partial charge in [0.2, 0.25) is 5.91 Å². The molecule has 1 unspecified atom stereocenters. The number of rotatable bonds is 6. The minimum atomic E-state index is -0.552. The summed E-state index contributed by atoms with van der Waals surface area (Å²) < 4.78 is 4.88. The highest BCUT2D eigenvalue weighted by atomic mass is 32.1. The quantitative estimate of drug-likeness (QED) is 0.805. The van der Waals surface area contributed by atoms with E-state index in [1.807, 2.05) is 13.8 Å². The third-order valence-corrected chi connectivity index (χ3v) is 3.36. The van der Waals surface area contributed by atoms with Crippen LogP contribution in [0.1, 0.15) is 23.9 Å². The number of hydrogen-bond acceptors (Lipinski definition) is 5. The number of amides is 1. The summed E-state index contributed by atoms with van der Waals surface area (Å²) in [7, 11) is 1.59. The topological polar surface area (TPSA) is 77.2 Å². The summed E-state index contributed by atoms with van der Waals surface area (Å²) in [6.07, 6.45) is 1.38. The Balaban J connectivity index is 2.55. The van der Waals surface area contributed by atoms with Crippen molar-refractivity contribution < 1.29 is 9.53 Å². The Morgan fingerprint density at radius 3 is 2.88 bits per heavy atom. The van der Waals surface area contributed by atoms with Crippen LogP contribution in [0.25, 0.3) is 0 Å². The van der Waals surface area contributed by atoms with E-state index in [1.165, 1.54) is 11.3 Å². The second kappa shape index (κ2) is 6.68. The van der Waals surface area contributed by atoms with E-state index in [4.69, 9.17) is 10.5 Å². The van der Waals surface area contributed by atoms with Gasteiger partial charge in [-0.25, -0.2) is 4.98 Å². The average molecular weight is 257 g/mol. The van der Waals surface area contributed by atoms with E-state index in [0.29, 0.717) is 18.2 Å². The zero-order valence-corrected chi connectivity index (χ0v) is 11.3. The molecule has 3 N–H and O–H groups in total. The van der Waals surface area contributed by atoms with Gasteiger partial charge in [-0.1, -0.05) is 6.92 Å². The molecule has 0 aliphatic heterocycles. The van der Waals surface area contributed by atoms with Crippen LogP contribution in [0, 0.1) is 6.92 Å². The molecule has 0 spiro atoms. The predicted molar refractivity (Wildman–Crippen MR) is 69.3 cm³/mol. The van der Waals surface area contributed by atoms with E-state index in [9.17, 15) is 4.79 Å². The molecule has 1 aromatic rings. The van der Waals surface area contributed by atoms with Crippen LogP contribution in [-0.2, 0) is 16.0 Å². The summed E-state index contributed by atoms with van der Waals surface area (Å²) in [4.78, 5) is 17.2. The molecule has 1 atom stereocenters. The summed E-state index contributed by atoms with van der Waals surface area (Å²) >= 11 is 1.48. The fourth-order valence-corrected chi connectivity index (χ4v) is 2.29. The molecule has 0 aliphatic rings. The van der Waals surface area contributed by atoms with Crippen molar-refractivity contribution in [3.8, 4) is 0 Å².